The van der Waals surface area contributed by atoms with Gasteiger partial charge in [0, 0.05) is 19.1 Å². The molecule has 0 aliphatic carbocycles. The molecule has 0 bridgehead atoms. The van der Waals surface area contributed by atoms with Crippen molar-refractivity contribution in [3.63, 3.8) is 0 Å². The van der Waals surface area contributed by atoms with Crippen LogP contribution in [0.1, 0.15) is 34.5 Å². The summed E-state index contributed by atoms with van der Waals surface area (Å²) in [4.78, 5) is 27.1. The molecule has 3 aromatic rings. The van der Waals surface area contributed by atoms with Gasteiger partial charge in [-0.05, 0) is 31.4 Å². The molecule has 8 heteroatoms. The predicted octanol–water partition coefficient (Wildman–Crippen LogP) is 3.25. The number of halogens is 1. The Kier molecular flexibility index (Phi) is 5.90. The lowest BCUT2D eigenvalue weighted by atomic mass is 10.0. The molecule has 156 valence electrons. The van der Waals surface area contributed by atoms with E-state index in [2.05, 4.69) is 15.3 Å². The predicted molar refractivity (Wildman–Crippen MR) is 115 cm³/mol. The van der Waals surface area contributed by atoms with E-state index >= 15 is 0 Å². The molecule has 1 aliphatic rings. The van der Waals surface area contributed by atoms with Gasteiger partial charge in [-0.1, -0.05) is 41.9 Å². The maximum atomic E-state index is 12.7. The van der Waals surface area contributed by atoms with E-state index in [0.29, 0.717) is 36.6 Å². The van der Waals surface area contributed by atoms with Gasteiger partial charge in [-0.2, -0.15) is 5.10 Å². The van der Waals surface area contributed by atoms with Crippen LogP contribution in [0.4, 0.5) is 5.69 Å². The SMILES string of the molecule is Cc1occc1C(=O)NC1CCN(c2cnn(Cc3ccccc3)c(=O)c2Cl)CC1. The molecule has 0 radical (unpaired) electrons. The molecule has 1 saturated heterocycles. The second-order valence-corrected chi connectivity index (χ2v) is 7.80. The van der Waals surface area contributed by atoms with Crippen LogP contribution < -0.4 is 15.8 Å². The number of nitrogens with zero attached hydrogens (tertiary/aromatic N) is 3. The number of aromatic nitrogens is 2. The fraction of sp³-hybridized carbons (Fsp3) is 0.318. The molecule has 1 aliphatic heterocycles. The van der Waals surface area contributed by atoms with E-state index in [4.69, 9.17) is 16.0 Å². The smallest absolute Gasteiger partial charge is 0.287 e. The Labute approximate surface area is 179 Å². The van der Waals surface area contributed by atoms with Gasteiger partial charge in [0.15, 0.2) is 0 Å². The van der Waals surface area contributed by atoms with Crippen molar-refractivity contribution < 1.29 is 9.21 Å². The van der Waals surface area contributed by atoms with Crippen molar-refractivity contribution in [1.82, 2.24) is 15.1 Å². The first-order valence-electron chi connectivity index (χ1n) is 9.92. The lowest BCUT2D eigenvalue weighted by molar-refractivity contribution is 0.0929. The Morgan fingerprint density at radius 2 is 1.97 bits per heavy atom. The molecule has 7 nitrogen and oxygen atoms in total. The zero-order valence-electron chi connectivity index (χ0n) is 16.7. The summed E-state index contributed by atoms with van der Waals surface area (Å²) >= 11 is 6.41. The minimum absolute atomic E-state index is 0.0632. The van der Waals surface area contributed by atoms with Crippen molar-refractivity contribution >= 4 is 23.2 Å². The Hall–Kier alpha value is -3.06. The van der Waals surface area contributed by atoms with E-state index in [1.54, 1.807) is 19.2 Å². The lowest BCUT2D eigenvalue weighted by Gasteiger charge is -2.34. The summed E-state index contributed by atoms with van der Waals surface area (Å²) < 4.78 is 6.58. The van der Waals surface area contributed by atoms with Gasteiger partial charge in [0.05, 0.1) is 30.3 Å². The van der Waals surface area contributed by atoms with Crippen LogP contribution in [0.3, 0.4) is 0 Å². The van der Waals surface area contributed by atoms with Gasteiger partial charge in [-0.15, -0.1) is 0 Å². The van der Waals surface area contributed by atoms with E-state index in [1.165, 1.54) is 10.9 Å². The van der Waals surface area contributed by atoms with E-state index in [1.807, 2.05) is 30.3 Å². The third kappa shape index (κ3) is 4.26. The Morgan fingerprint density at radius 3 is 2.63 bits per heavy atom. The van der Waals surface area contributed by atoms with Crippen molar-refractivity contribution in [3.8, 4) is 0 Å². The van der Waals surface area contributed by atoms with E-state index in [-0.39, 0.29) is 22.5 Å². The summed E-state index contributed by atoms with van der Waals surface area (Å²) in [6.45, 7) is 3.51. The number of anilines is 1. The van der Waals surface area contributed by atoms with Crippen molar-refractivity contribution in [1.29, 1.82) is 0 Å². The van der Waals surface area contributed by atoms with Crippen LogP contribution in [0.2, 0.25) is 5.02 Å². The first-order chi connectivity index (χ1) is 14.5. The highest BCUT2D eigenvalue weighted by Gasteiger charge is 2.24. The average molecular weight is 427 g/mol. The summed E-state index contributed by atoms with van der Waals surface area (Å²) in [7, 11) is 0. The number of rotatable bonds is 5. The fourth-order valence-corrected chi connectivity index (χ4v) is 3.96. The minimum atomic E-state index is -0.302. The van der Waals surface area contributed by atoms with Crippen molar-refractivity contribution in [2.75, 3.05) is 18.0 Å². The molecular weight excluding hydrogens is 404 g/mol. The molecule has 4 rings (SSSR count). The van der Waals surface area contributed by atoms with Crippen LogP contribution in [-0.2, 0) is 6.54 Å². The van der Waals surface area contributed by atoms with E-state index in [0.717, 1.165) is 18.4 Å². The molecular formula is C22H23ClN4O3. The number of nitrogens with one attached hydrogen (secondary N) is 1. The summed E-state index contributed by atoms with van der Waals surface area (Å²) in [6, 6.07) is 11.4. The number of aryl methyl sites for hydroxylation is 1. The minimum Gasteiger partial charge on any atom is -0.469 e. The summed E-state index contributed by atoms with van der Waals surface area (Å²) in [6.07, 6.45) is 4.68. The van der Waals surface area contributed by atoms with Gasteiger partial charge < -0.3 is 14.6 Å². The molecule has 1 aromatic carbocycles. The fourth-order valence-electron chi connectivity index (χ4n) is 3.69. The largest absolute Gasteiger partial charge is 0.469 e. The molecule has 0 unspecified atom stereocenters. The molecule has 30 heavy (non-hydrogen) atoms. The van der Waals surface area contributed by atoms with Crippen molar-refractivity contribution in [2.45, 2.75) is 32.4 Å². The topological polar surface area (TPSA) is 80.4 Å². The van der Waals surface area contributed by atoms with Gasteiger partial charge in [0.1, 0.15) is 10.8 Å². The van der Waals surface area contributed by atoms with Crippen LogP contribution in [-0.4, -0.2) is 34.8 Å². The third-order valence-corrected chi connectivity index (χ3v) is 5.77. The maximum absolute atomic E-state index is 12.7. The second-order valence-electron chi connectivity index (χ2n) is 7.42. The molecule has 2 aromatic heterocycles. The summed E-state index contributed by atoms with van der Waals surface area (Å²) in [5, 5.41) is 7.55. The quantitative estimate of drug-likeness (QED) is 0.677. The number of furan rings is 1. The number of carbonyl (C=O) groups is 1. The number of benzene rings is 1. The van der Waals surface area contributed by atoms with Gasteiger partial charge in [0.25, 0.3) is 11.5 Å². The van der Waals surface area contributed by atoms with E-state index in [9.17, 15) is 9.59 Å². The number of amides is 1. The lowest BCUT2D eigenvalue weighted by Crippen LogP contribution is -2.45. The number of piperidine rings is 1. The van der Waals surface area contributed by atoms with Crippen molar-refractivity contribution in [3.05, 3.63) is 81.1 Å². The van der Waals surface area contributed by atoms with Gasteiger partial charge >= 0.3 is 0 Å². The van der Waals surface area contributed by atoms with Crippen LogP contribution in [0, 0.1) is 6.92 Å². The van der Waals surface area contributed by atoms with Gasteiger partial charge in [0.2, 0.25) is 0 Å². The molecule has 3 heterocycles. The van der Waals surface area contributed by atoms with Crippen molar-refractivity contribution in [2.24, 2.45) is 0 Å². The normalized spacial score (nSPS) is 14.7. The highest BCUT2D eigenvalue weighted by atomic mass is 35.5. The zero-order valence-corrected chi connectivity index (χ0v) is 17.4. The van der Waals surface area contributed by atoms with Gasteiger partial charge in [-0.3, -0.25) is 9.59 Å². The number of hydrogen-bond acceptors (Lipinski definition) is 5. The Balaban J connectivity index is 1.40. The summed E-state index contributed by atoms with van der Waals surface area (Å²) in [5.41, 5.74) is 1.89. The highest BCUT2D eigenvalue weighted by molar-refractivity contribution is 6.33. The van der Waals surface area contributed by atoms with E-state index < -0.39 is 0 Å². The molecule has 0 atom stereocenters. The van der Waals surface area contributed by atoms with Crippen LogP contribution >= 0.6 is 11.6 Å². The highest BCUT2D eigenvalue weighted by Crippen LogP contribution is 2.25. The maximum Gasteiger partial charge on any atom is 0.287 e. The molecule has 1 N–H and O–H groups in total. The summed E-state index contributed by atoms with van der Waals surface area (Å²) in [5.74, 6) is 0.488. The second kappa shape index (κ2) is 8.75. The Morgan fingerprint density at radius 1 is 1.23 bits per heavy atom. The Bertz CT molecular complexity index is 1090. The van der Waals surface area contributed by atoms with Crippen LogP contribution in [0.5, 0.6) is 0 Å². The molecule has 1 fully saturated rings. The average Bonchev–Trinajstić information content (AvgIpc) is 3.19. The van der Waals surface area contributed by atoms with Crippen LogP contribution in [0.25, 0.3) is 0 Å². The molecule has 0 saturated carbocycles. The standard InChI is InChI=1S/C22H23ClN4O3/c1-15-18(9-12-30-15)21(28)25-17-7-10-26(11-8-17)19-13-24-27(22(29)20(19)23)14-16-5-3-2-4-6-16/h2-6,9,12-13,17H,7-8,10-11,14H2,1H3,(H,25,28). The molecule has 0 spiro atoms. The van der Waals surface area contributed by atoms with Gasteiger partial charge in [-0.25, -0.2) is 4.68 Å². The first-order valence-corrected chi connectivity index (χ1v) is 10.3. The first kappa shape index (κ1) is 20.2. The molecule has 1 amide bonds. The zero-order chi connectivity index (χ0) is 21.1. The third-order valence-electron chi connectivity index (χ3n) is 5.42. The van der Waals surface area contributed by atoms with Crippen LogP contribution in [0.15, 0.2) is 58.1 Å². The number of carbonyl (C=O) groups excluding carboxylic acids is 1. The monoisotopic (exact) mass is 426 g/mol. The number of hydrogen-bond donors (Lipinski definition) is 1.